The third-order valence-corrected chi connectivity index (χ3v) is 21.1. The lowest BCUT2D eigenvalue weighted by Crippen LogP contribution is -2.34. The van der Waals surface area contributed by atoms with Gasteiger partial charge in [0.05, 0.1) is 17.1 Å². The number of anilines is 5. The molecule has 4 aliphatic rings. The van der Waals surface area contributed by atoms with Crippen molar-refractivity contribution in [3.63, 3.8) is 0 Å². The highest BCUT2D eigenvalue weighted by Gasteiger charge is 2.41. The first-order valence-electron chi connectivity index (χ1n) is 42.6. The van der Waals surface area contributed by atoms with Crippen molar-refractivity contribution in [2.24, 2.45) is 0 Å². The SMILES string of the molecule is C#CCCN(C)c1cc(-c2cncnc2)nc(-c2cccc(OCC(O)CNC)c2)n1.C=C(C)c1cc(NC2CCOCC2)nc(-c2cccc(OCC(O)CNC)c2)n1.CNCC(O)COc1cccc(-c2nc(N(C)C3CCCCC3)cc(C3(C)CC3)n2)c1.CNCC(O)COc1cccc(-c2nc(NC(C)C)cc(NC3CCCCC3)n2)c1. The van der Waals surface area contributed by atoms with E-state index in [9.17, 15) is 20.4 Å². The van der Waals surface area contributed by atoms with Crippen molar-refractivity contribution >= 4 is 34.7 Å². The molecule has 0 spiro atoms. The maximum Gasteiger partial charge on any atom is 0.163 e. The van der Waals surface area contributed by atoms with Crippen molar-refractivity contribution in [2.45, 2.75) is 178 Å². The molecule has 3 aliphatic carbocycles. The number of aliphatic hydroxyl groups excluding tert-OH is 4. The molecule has 121 heavy (non-hydrogen) atoms. The molecule has 4 fully saturated rings. The van der Waals surface area contributed by atoms with Crippen LogP contribution in [0.3, 0.4) is 0 Å². The maximum absolute atomic E-state index is 9.93. The van der Waals surface area contributed by atoms with E-state index in [4.69, 9.17) is 65.0 Å². The first kappa shape index (κ1) is 92.7. The summed E-state index contributed by atoms with van der Waals surface area (Å²) in [6.45, 7) is 17.5. The highest BCUT2D eigenvalue weighted by atomic mass is 16.5. The van der Waals surface area contributed by atoms with E-state index in [0.29, 0.717) is 97.7 Å². The molecule has 3 saturated carbocycles. The van der Waals surface area contributed by atoms with Gasteiger partial charge in [0.25, 0.3) is 0 Å². The predicted octanol–water partition coefficient (Wildman–Crippen LogP) is 12.3. The molecule has 648 valence electrons. The molecule has 13 rings (SSSR count). The molecule has 0 bridgehead atoms. The summed E-state index contributed by atoms with van der Waals surface area (Å²) >= 11 is 0. The van der Waals surface area contributed by atoms with E-state index < -0.39 is 24.4 Å². The van der Waals surface area contributed by atoms with E-state index in [-0.39, 0.29) is 37.9 Å². The van der Waals surface area contributed by atoms with E-state index >= 15 is 0 Å². The smallest absolute Gasteiger partial charge is 0.163 e. The van der Waals surface area contributed by atoms with Crippen LogP contribution in [0.2, 0.25) is 0 Å². The molecule has 4 atom stereocenters. The largest absolute Gasteiger partial charge is 0.491 e. The highest BCUT2D eigenvalue weighted by Crippen LogP contribution is 2.48. The molecule has 6 heterocycles. The molecule has 28 nitrogen and oxygen atoms in total. The summed E-state index contributed by atoms with van der Waals surface area (Å²) in [6, 6.07) is 40.4. The Hall–Kier alpha value is -10.6. The maximum atomic E-state index is 9.93. The Balaban J connectivity index is 0.000000169. The van der Waals surface area contributed by atoms with Gasteiger partial charge in [-0.05, 0) is 154 Å². The number of terminal acetylenes is 1. The number of aromatic nitrogens is 10. The van der Waals surface area contributed by atoms with E-state index in [1.807, 2.05) is 141 Å². The van der Waals surface area contributed by atoms with E-state index in [1.54, 1.807) is 33.5 Å². The average Bonchev–Trinajstić information content (AvgIpc) is 1.63. The van der Waals surface area contributed by atoms with Gasteiger partial charge in [-0.15, -0.1) is 12.3 Å². The van der Waals surface area contributed by atoms with Gasteiger partial charge in [0.1, 0.15) is 109 Å². The summed E-state index contributed by atoms with van der Waals surface area (Å²) in [6.07, 6.45) is 25.6. The van der Waals surface area contributed by atoms with Gasteiger partial charge in [0.15, 0.2) is 23.3 Å². The summed E-state index contributed by atoms with van der Waals surface area (Å²) in [4.78, 5) is 50.9. The molecule has 0 amide bonds. The minimum atomic E-state index is -0.595. The van der Waals surface area contributed by atoms with Gasteiger partial charge >= 0.3 is 0 Å². The van der Waals surface area contributed by atoms with Crippen LogP contribution < -0.4 is 66.0 Å². The zero-order valence-corrected chi connectivity index (χ0v) is 72.3. The molecule has 11 N–H and O–H groups in total. The van der Waals surface area contributed by atoms with Gasteiger partial charge in [0.2, 0.25) is 0 Å². The topological polar surface area (TPSA) is 347 Å². The number of benzene rings is 4. The van der Waals surface area contributed by atoms with Gasteiger partial charge in [-0.2, -0.15) is 0 Å². The molecule has 28 heteroatoms. The van der Waals surface area contributed by atoms with Crippen LogP contribution in [0.25, 0.3) is 62.4 Å². The van der Waals surface area contributed by atoms with E-state index in [1.165, 1.54) is 83.4 Å². The van der Waals surface area contributed by atoms with E-state index in [2.05, 4.69) is 103 Å². The number of hydrogen-bond donors (Lipinski definition) is 11. The number of rotatable bonds is 38. The molecule has 4 aromatic carbocycles. The van der Waals surface area contributed by atoms with Gasteiger partial charge in [-0.1, -0.05) is 101 Å². The Kier molecular flexibility index (Phi) is 36.9. The molecule has 1 aliphatic heterocycles. The third kappa shape index (κ3) is 30.2. The number of allylic oxidation sites excluding steroid dienone is 1. The minimum absolute atomic E-state index is 0.172. The molecule has 0 radical (unpaired) electrons. The van der Waals surface area contributed by atoms with Gasteiger partial charge < -0.3 is 91.1 Å². The lowest BCUT2D eigenvalue weighted by molar-refractivity contribution is 0.0904. The summed E-state index contributed by atoms with van der Waals surface area (Å²) in [5.41, 5.74) is 7.99. The van der Waals surface area contributed by atoms with Crippen LogP contribution in [-0.2, 0) is 10.2 Å². The summed E-state index contributed by atoms with van der Waals surface area (Å²) < 4.78 is 28.4. The Morgan fingerprint density at radius 3 is 1.40 bits per heavy atom. The van der Waals surface area contributed by atoms with E-state index in [0.717, 1.165) is 111 Å². The lowest BCUT2D eigenvalue weighted by Gasteiger charge is -2.32. The van der Waals surface area contributed by atoms with Crippen LogP contribution >= 0.6 is 0 Å². The van der Waals surface area contributed by atoms with Crippen molar-refractivity contribution in [2.75, 3.05) is 140 Å². The second kappa shape index (κ2) is 48.2. The summed E-state index contributed by atoms with van der Waals surface area (Å²) in [7, 11) is 11.3. The second-order valence-corrected chi connectivity index (χ2v) is 32.1. The van der Waals surface area contributed by atoms with Crippen molar-refractivity contribution < 1.29 is 44.1 Å². The summed E-state index contributed by atoms with van der Waals surface area (Å²) in [5.74, 6) is 12.2. The van der Waals surface area contributed by atoms with Crippen molar-refractivity contribution in [1.82, 2.24) is 71.1 Å². The zero-order chi connectivity index (χ0) is 85.9. The fourth-order valence-corrected chi connectivity index (χ4v) is 14.1. The number of nitrogens with zero attached hydrogens (tertiary/aromatic N) is 12. The van der Waals surface area contributed by atoms with Gasteiger partial charge in [-0.3, -0.25) is 0 Å². The van der Waals surface area contributed by atoms with Gasteiger partial charge in [-0.25, -0.2) is 49.8 Å². The fraction of sp³-hybridized carbons (Fsp3) is 0.484. The first-order valence-corrected chi connectivity index (χ1v) is 42.6. The van der Waals surface area contributed by atoms with Crippen LogP contribution in [0.15, 0.2) is 147 Å². The lowest BCUT2D eigenvalue weighted by atomic mass is 9.94. The normalized spacial score (nSPS) is 15.5. The Bertz CT molecular complexity index is 4670. The zero-order valence-electron chi connectivity index (χ0n) is 72.3. The first-order chi connectivity index (χ1) is 58.7. The predicted molar refractivity (Wildman–Crippen MR) is 483 cm³/mol. The monoisotopic (exact) mass is 1650 g/mol. The molecule has 5 aromatic heterocycles. The second-order valence-electron chi connectivity index (χ2n) is 32.1. The number of hydrogen-bond acceptors (Lipinski definition) is 28. The van der Waals surface area contributed by atoms with Crippen LogP contribution in [-0.4, -0.2) is 234 Å². The Morgan fingerprint density at radius 2 is 0.950 bits per heavy atom. The molecule has 4 unspecified atom stereocenters. The standard InChI is InChI=1S/C25H36N4O2.C23H26N6O2.C23H35N5O2.C22H30N4O3/c1-25(12-13-25)22-15-23(29(3)19-9-5-4-6-10-19)28-24(27-22)18-8-7-11-21(14-18)31-17-20(30)16-26-2;1-4-5-9-29(3)22-11-21(18-12-25-16-26-13-18)27-23(28-22)17-7-6-8-20(10-17)31-15-19(30)14-24-2;1-16(2)25-21-13-22(26-18-9-5-4-6-10-18)28-23(27-21)17-8-7-11-20(12-17)30-15-19(29)14-24-3;1-15(2)20-12-21(24-17-7-9-28-10-8-17)26-22(25-20)16-5-4-6-19(11-16)29-14-18(27)13-23-3/h7-8,11,14-15,19-20,26,30H,4-6,9-10,12-13,16-17H2,1-3H3;1,6-8,10-13,16,19,24,30H,5,9,14-15H2,2-3H3;7-8,11-13,16,18-19,24,29H,4-6,9-10,14-15H2,1-3H3,(H2,25,26,27,28);4-6,11-12,17-18,23,27H,1,7-10,13-14H2,2-3H3,(H,24,25,26). The highest BCUT2D eigenvalue weighted by molar-refractivity contribution is 5.70. The van der Waals surface area contributed by atoms with Crippen molar-refractivity contribution in [1.29, 1.82) is 0 Å². The number of ether oxygens (including phenoxy) is 5. The molecule has 9 aromatic rings. The fourth-order valence-electron chi connectivity index (χ4n) is 14.1. The molecular weight excluding hydrogens is 1530 g/mol. The number of likely N-dealkylation sites (N-methyl/N-ethyl adjacent to an activating group) is 4. The van der Waals surface area contributed by atoms with Crippen molar-refractivity contribution in [3.05, 3.63) is 158 Å². The van der Waals surface area contributed by atoms with Crippen LogP contribution in [0.1, 0.15) is 135 Å². The van der Waals surface area contributed by atoms with Crippen LogP contribution in [0.5, 0.6) is 23.0 Å². The Labute approximate surface area is 714 Å². The van der Waals surface area contributed by atoms with Gasteiger partial charge in [0, 0.05) is 161 Å². The minimum Gasteiger partial charge on any atom is -0.491 e. The molecular formula is C93H127N19O9. The summed E-state index contributed by atoms with van der Waals surface area (Å²) in [5, 5.41) is 61.8. The number of aliphatic hydroxyl groups is 4. The Morgan fingerprint density at radius 1 is 0.521 bits per heavy atom. The average molecular weight is 1660 g/mol. The number of nitrogens with one attached hydrogen (secondary N) is 7. The molecule has 1 saturated heterocycles. The van der Waals surface area contributed by atoms with Crippen molar-refractivity contribution in [3.8, 4) is 92.2 Å². The quantitative estimate of drug-likeness (QED) is 0.0160. The van der Waals surface area contributed by atoms with Crippen LogP contribution in [0, 0.1) is 12.3 Å². The third-order valence-electron chi connectivity index (χ3n) is 21.1. The van der Waals surface area contributed by atoms with Crippen LogP contribution in [0.4, 0.5) is 29.1 Å².